The van der Waals surface area contributed by atoms with E-state index >= 15 is 0 Å². The minimum Gasteiger partial charge on any atom is -0.497 e. The average Bonchev–Trinajstić information content (AvgIpc) is 2.98. The van der Waals surface area contributed by atoms with E-state index in [2.05, 4.69) is 5.32 Å². The maximum atomic E-state index is 14.0. The molecule has 10 heteroatoms. The Hall–Kier alpha value is -4.05. The van der Waals surface area contributed by atoms with Crippen molar-refractivity contribution in [3.05, 3.63) is 83.9 Å². The summed E-state index contributed by atoms with van der Waals surface area (Å²) in [4.78, 5) is 28.6. The maximum Gasteiger partial charge on any atom is 0.264 e. The first-order chi connectivity index (χ1) is 20.0. The summed E-state index contributed by atoms with van der Waals surface area (Å²) < 4.78 is 39.8. The molecular weight excluding hydrogens is 554 g/mol. The van der Waals surface area contributed by atoms with Gasteiger partial charge in [-0.3, -0.25) is 13.9 Å². The summed E-state index contributed by atoms with van der Waals surface area (Å²) in [5, 5.41) is 2.89. The minimum atomic E-state index is -4.16. The molecule has 42 heavy (non-hydrogen) atoms. The number of amides is 2. The van der Waals surface area contributed by atoms with Gasteiger partial charge in [0.05, 0.1) is 24.3 Å². The van der Waals surface area contributed by atoms with Gasteiger partial charge in [0, 0.05) is 13.1 Å². The zero-order valence-electron chi connectivity index (χ0n) is 25.2. The topological polar surface area (TPSA) is 105 Å². The number of carbonyl (C=O) groups is 2. The predicted molar refractivity (Wildman–Crippen MR) is 164 cm³/mol. The Balaban J connectivity index is 2.00. The lowest BCUT2D eigenvalue weighted by atomic mass is 10.1. The molecule has 0 spiro atoms. The number of sulfonamides is 1. The van der Waals surface area contributed by atoms with Gasteiger partial charge in [-0.05, 0) is 80.8 Å². The van der Waals surface area contributed by atoms with Crippen LogP contribution in [-0.4, -0.2) is 58.0 Å². The third-order valence-electron chi connectivity index (χ3n) is 6.69. The van der Waals surface area contributed by atoms with Crippen LogP contribution in [0.1, 0.15) is 38.8 Å². The molecular formula is C32H41N3O6S. The van der Waals surface area contributed by atoms with Gasteiger partial charge in [0.1, 0.15) is 24.1 Å². The monoisotopic (exact) mass is 595 g/mol. The van der Waals surface area contributed by atoms with E-state index < -0.39 is 28.5 Å². The average molecular weight is 596 g/mol. The number of methoxy groups -OCH3 is 1. The number of carbonyl (C=O) groups excluding carboxylic acids is 2. The second kappa shape index (κ2) is 14.7. The van der Waals surface area contributed by atoms with Crippen LogP contribution in [0.3, 0.4) is 0 Å². The molecule has 226 valence electrons. The maximum absolute atomic E-state index is 14.0. The molecule has 0 aliphatic heterocycles. The standard InChI is InChI=1S/C32H41N3O6S/c1-7-41-29-16-18-30(19-17-29)42(38,39)35(27-12-8-24(4)9-13-27)22-31(36)34(25(5)32(37)33-20-23(2)3)21-26-10-14-28(40-6)15-11-26/h8-19,23,25H,7,20-22H2,1-6H3,(H,33,37). The van der Waals surface area contributed by atoms with Crippen LogP contribution in [0.5, 0.6) is 11.5 Å². The minimum absolute atomic E-state index is 0.0174. The first-order valence-electron chi connectivity index (χ1n) is 14.0. The molecule has 3 aromatic rings. The van der Waals surface area contributed by atoms with Gasteiger partial charge in [-0.1, -0.05) is 43.7 Å². The second-order valence-corrected chi connectivity index (χ2v) is 12.3. The van der Waals surface area contributed by atoms with Crippen LogP contribution in [0.4, 0.5) is 5.69 Å². The number of nitrogens with one attached hydrogen (secondary N) is 1. The van der Waals surface area contributed by atoms with Gasteiger partial charge < -0.3 is 19.7 Å². The lowest BCUT2D eigenvalue weighted by Gasteiger charge is -2.32. The molecule has 0 saturated heterocycles. The van der Waals surface area contributed by atoms with E-state index in [1.54, 1.807) is 62.6 Å². The second-order valence-electron chi connectivity index (χ2n) is 10.4. The highest BCUT2D eigenvalue weighted by atomic mass is 32.2. The number of benzene rings is 3. The molecule has 3 aromatic carbocycles. The molecule has 9 nitrogen and oxygen atoms in total. The molecule has 2 amide bonds. The van der Waals surface area contributed by atoms with Crippen molar-refractivity contribution >= 4 is 27.5 Å². The van der Waals surface area contributed by atoms with Crippen molar-refractivity contribution < 1.29 is 27.5 Å². The number of anilines is 1. The van der Waals surface area contributed by atoms with Crippen molar-refractivity contribution in [1.29, 1.82) is 0 Å². The fourth-order valence-corrected chi connectivity index (χ4v) is 5.62. The fourth-order valence-electron chi connectivity index (χ4n) is 4.20. The Morgan fingerprint density at radius 3 is 2.02 bits per heavy atom. The smallest absolute Gasteiger partial charge is 0.264 e. The normalized spacial score (nSPS) is 12.0. The summed E-state index contributed by atoms with van der Waals surface area (Å²) >= 11 is 0. The summed E-state index contributed by atoms with van der Waals surface area (Å²) in [6.07, 6.45) is 0. The van der Waals surface area contributed by atoms with Crippen molar-refractivity contribution in [2.75, 3.05) is 31.1 Å². The van der Waals surface area contributed by atoms with Crippen LogP contribution < -0.4 is 19.1 Å². The van der Waals surface area contributed by atoms with E-state index in [1.807, 2.05) is 39.8 Å². The lowest BCUT2D eigenvalue weighted by Crippen LogP contribution is -2.51. The number of hydrogen-bond acceptors (Lipinski definition) is 6. The van der Waals surface area contributed by atoms with Crippen molar-refractivity contribution in [2.45, 2.75) is 52.1 Å². The van der Waals surface area contributed by atoms with Crippen LogP contribution in [0.25, 0.3) is 0 Å². The van der Waals surface area contributed by atoms with Crippen molar-refractivity contribution in [1.82, 2.24) is 10.2 Å². The number of nitrogens with zero attached hydrogens (tertiary/aromatic N) is 2. The lowest BCUT2D eigenvalue weighted by molar-refractivity contribution is -0.139. The van der Waals surface area contributed by atoms with Crippen LogP contribution >= 0.6 is 0 Å². The van der Waals surface area contributed by atoms with Crippen LogP contribution in [0.15, 0.2) is 77.7 Å². The number of ether oxygens (including phenoxy) is 2. The van der Waals surface area contributed by atoms with Gasteiger partial charge in [0.2, 0.25) is 11.8 Å². The zero-order valence-corrected chi connectivity index (χ0v) is 26.0. The predicted octanol–water partition coefficient (Wildman–Crippen LogP) is 4.79. The Morgan fingerprint density at radius 2 is 1.48 bits per heavy atom. The van der Waals surface area contributed by atoms with Crippen LogP contribution in [0, 0.1) is 12.8 Å². The van der Waals surface area contributed by atoms with Crippen molar-refractivity contribution in [3.63, 3.8) is 0 Å². The molecule has 0 fully saturated rings. The summed E-state index contributed by atoms with van der Waals surface area (Å²) in [5.41, 5.74) is 2.05. The van der Waals surface area contributed by atoms with E-state index in [-0.39, 0.29) is 23.3 Å². The molecule has 0 heterocycles. The van der Waals surface area contributed by atoms with Crippen molar-refractivity contribution in [2.24, 2.45) is 5.92 Å². The van der Waals surface area contributed by atoms with E-state index in [4.69, 9.17) is 9.47 Å². The third kappa shape index (κ3) is 8.48. The summed E-state index contributed by atoms with van der Waals surface area (Å²) in [7, 11) is -2.60. The molecule has 0 aromatic heterocycles. The van der Waals surface area contributed by atoms with Crippen molar-refractivity contribution in [3.8, 4) is 11.5 Å². The highest BCUT2D eigenvalue weighted by molar-refractivity contribution is 7.92. The fraction of sp³-hybridized carbons (Fsp3) is 0.375. The van der Waals surface area contributed by atoms with Gasteiger partial charge in [0.25, 0.3) is 10.0 Å². The molecule has 0 saturated carbocycles. The first-order valence-corrected chi connectivity index (χ1v) is 15.4. The largest absolute Gasteiger partial charge is 0.497 e. The molecule has 3 rings (SSSR count). The van der Waals surface area contributed by atoms with E-state index in [9.17, 15) is 18.0 Å². The number of rotatable bonds is 14. The molecule has 0 bridgehead atoms. The van der Waals surface area contributed by atoms with Gasteiger partial charge in [-0.2, -0.15) is 0 Å². The molecule has 0 aliphatic rings. The Kier molecular flexibility index (Phi) is 11.4. The zero-order chi connectivity index (χ0) is 30.9. The quantitative estimate of drug-likeness (QED) is 0.288. The highest BCUT2D eigenvalue weighted by Gasteiger charge is 2.32. The van der Waals surface area contributed by atoms with Crippen LogP contribution in [-0.2, 0) is 26.2 Å². The van der Waals surface area contributed by atoms with Gasteiger partial charge >= 0.3 is 0 Å². The summed E-state index contributed by atoms with van der Waals surface area (Å²) in [5.74, 6) is 0.589. The van der Waals surface area contributed by atoms with E-state index in [0.29, 0.717) is 30.3 Å². The number of hydrogen-bond donors (Lipinski definition) is 1. The SMILES string of the molecule is CCOc1ccc(S(=O)(=O)N(CC(=O)N(Cc2ccc(OC)cc2)C(C)C(=O)NCC(C)C)c2ccc(C)cc2)cc1. The van der Waals surface area contributed by atoms with Gasteiger partial charge in [-0.15, -0.1) is 0 Å². The molecule has 1 atom stereocenters. The Bertz CT molecular complexity index is 1420. The Morgan fingerprint density at radius 1 is 0.881 bits per heavy atom. The highest BCUT2D eigenvalue weighted by Crippen LogP contribution is 2.26. The molecule has 0 radical (unpaired) electrons. The molecule has 1 unspecified atom stereocenters. The molecule has 0 aliphatic carbocycles. The summed E-state index contributed by atoms with van der Waals surface area (Å²) in [6, 6.07) is 19.3. The third-order valence-corrected chi connectivity index (χ3v) is 8.48. The Labute approximate surface area is 249 Å². The van der Waals surface area contributed by atoms with Gasteiger partial charge in [-0.25, -0.2) is 8.42 Å². The first kappa shape index (κ1) is 32.5. The molecule has 1 N–H and O–H groups in total. The van der Waals surface area contributed by atoms with Gasteiger partial charge in [0.15, 0.2) is 0 Å². The van der Waals surface area contributed by atoms with E-state index in [1.165, 1.54) is 17.0 Å². The van der Waals surface area contributed by atoms with E-state index in [0.717, 1.165) is 15.4 Å². The number of aryl methyl sites for hydroxylation is 1. The van der Waals surface area contributed by atoms with Crippen LogP contribution in [0.2, 0.25) is 0 Å². The summed E-state index contributed by atoms with van der Waals surface area (Å²) in [6.45, 7) is 9.85.